The quantitative estimate of drug-likeness (QED) is 0.344. The topological polar surface area (TPSA) is 112 Å². The lowest BCUT2D eigenvalue weighted by Crippen LogP contribution is -2.31. The van der Waals surface area contributed by atoms with E-state index in [0.717, 1.165) is 5.56 Å². The number of pyridine rings is 1. The van der Waals surface area contributed by atoms with Gasteiger partial charge in [-0.05, 0) is 48.9 Å². The summed E-state index contributed by atoms with van der Waals surface area (Å²) in [5.41, 5.74) is 2.49. The monoisotopic (exact) mass is 532 g/mol. The van der Waals surface area contributed by atoms with Gasteiger partial charge in [-0.25, -0.2) is 9.67 Å². The van der Waals surface area contributed by atoms with Crippen molar-refractivity contribution in [3.8, 4) is 28.6 Å². The smallest absolute Gasteiger partial charge is 0.257 e. The van der Waals surface area contributed by atoms with E-state index < -0.39 is 6.04 Å². The van der Waals surface area contributed by atoms with Crippen LogP contribution in [0.4, 0.5) is 11.8 Å². The molecule has 0 radical (unpaired) electrons. The van der Waals surface area contributed by atoms with E-state index in [-0.39, 0.29) is 5.91 Å². The summed E-state index contributed by atoms with van der Waals surface area (Å²) in [6.07, 6.45) is 1.61. The number of ether oxygens (including phenoxy) is 3. The number of carbonyl (C=O) groups is 1. The Labute approximate surface area is 224 Å². The molecule has 0 saturated carbocycles. The van der Waals surface area contributed by atoms with Gasteiger partial charge in [0.15, 0.2) is 17.3 Å². The fourth-order valence-electron chi connectivity index (χ4n) is 4.38. The number of amides is 1. The molecule has 1 atom stereocenters. The van der Waals surface area contributed by atoms with Gasteiger partial charge < -0.3 is 24.8 Å². The maximum absolute atomic E-state index is 13.6. The molecule has 0 bridgehead atoms. The van der Waals surface area contributed by atoms with Crippen LogP contribution >= 0.6 is 11.6 Å². The minimum absolute atomic E-state index is 0.325. The van der Waals surface area contributed by atoms with Crippen LogP contribution in [0.15, 0.2) is 72.1 Å². The van der Waals surface area contributed by atoms with Crippen LogP contribution in [0.3, 0.4) is 0 Å². The van der Waals surface area contributed by atoms with Crippen molar-refractivity contribution >= 4 is 29.3 Å². The van der Waals surface area contributed by atoms with E-state index in [0.29, 0.717) is 56.7 Å². The lowest BCUT2D eigenvalue weighted by Gasteiger charge is -2.28. The zero-order valence-corrected chi connectivity index (χ0v) is 21.9. The van der Waals surface area contributed by atoms with E-state index in [1.54, 1.807) is 68.6 Å². The Kier molecular flexibility index (Phi) is 6.89. The Morgan fingerprint density at radius 1 is 1.03 bits per heavy atom. The van der Waals surface area contributed by atoms with Crippen LogP contribution in [-0.2, 0) is 4.79 Å². The number of halogens is 1. The molecular weight excluding hydrogens is 508 g/mol. The lowest BCUT2D eigenvalue weighted by molar-refractivity contribution is -0.113. The van der Waals surface area contributed by atoms with Gasteiger partial charge in [-0.15, -0.1) is 5.10 Å². The Balaban J connectivity index is 1.62. The van der Waals surface area contributed by atoms with Gasteiger partial charge in [0, 0.05) is 22.5 Å². The molecule has 4 aromatic rings. The largest absolute Gasteiger partial charge is 0.493 e. The van der Waals surface area contributed by atoms with Crippen LogP contribution in [0.25, 0.3) is 11.4 Å². The molecule has 5 rings (SSSR count). The third-order valence-corrected chi connectivity index (χ3v) is 6.33. The van der Waals surface area contributed by atoms with Gasteiger partial charge in [-0.1, -0.05) is 29.8 Å². The number of rotatable bonds is 7. The van der Waals surface area contributed by atoms with Crippen molar-refractivity contribution in [2.45, 2.75) is 13.0 Å². The fraction of sp³-hybridized carbons (Fsp3) is 0.185. The number of carbonyl (C=O) groups excluding carboxylic acids is 1. The lowest BCUT2D eigenvalue weighted by atomic mass is 9.95. The predicted molar refractivity (Wildman–Crippen MR) is 144 cm³/mol. The average molecular weight is 533 g/mol. The van der Waals surface area contributed by atoms with E-state index in [2.05, 4.69) is 15.6 Å². The van der Waals surface area contributed by atoms with Crippen molar-refractivity contribution in [2.75, 3.05) is 32.0 Å². The first-order chi connectivity index (χ1) is 18.4. The normalized spacial score (nSPS) is 14.4. The van der Waals surface area contributed by atoms with Gasteiger partial charge in [-0.3, -0.25) is 4.79 Å². The number of benzene rings is 2. The SMILES string of the molecule is COc1cc(-c2nc3n(n2)[C@@H](c2cccc(Cl)c2)C(C(=O)Nc2ccccn2)=C(C)N3)cc(OC)c1OC. The van der Waals surface area contributed by atoms with E-state index >= 15 is 0 Å². The van der Waals surface area contributed by atoms with Crippen LogP contribution in [0.5, 0.6) is 17.2 Å². The van der Waals surface area contributed by atoms with Crippen molar-refractivity contribution in [3.63, 3.8) is 0 Å². The highest BCUT2D eigenvalue weighted by Crippen LogP contribution is 2.42. The van der Waals surface area contributed by atoms with Gasteiger partial charge in [0.05, 0.1) is 26.9 Å². The molecule has 1 aliphatic heterocycles. The number of nitrogens with one attached hydrogen (secondary N) is 2. The first-order valence-electron chi connectivity index (χ1n) is 11.7. The molecule has 0 unspecified atom stereocenters. The molecule has 2 aromatic heterocycles. The van der Waals surface area contributed by atoms with Gasteiger partial charge in [0.2, 0.25) is 11.7 Å². The highest BCUT2D eigenvalue weighted by molar-refractivity contribution is 6.30. The van der Waals surface area contributed by atoms with Crippen LogP contribution < -0.4 is 24.8 Å². The molecule has 2 N–H and O–H groups in total. The summed E-state index contributed by atoms with van der Waals surface area (Å²) in [6, 6.07) is 15.6. The fourth-order valence-corrected chi connectivity index (χ4v) is 4.58. The first kappa shape index (κ1) is 25.1. The molecule has 0 saturated heterocycles. The number of hydrogen-bond acceptors (Lipinski definition) is 8. The van der Waals surface area contributed by atoms with Crippen molar-refractivity contribution in [3.05, 3.63) is 82.7 Å². The van der Waals surface area contributed by atoms with Gasteiger partial charge in [0.1, 0.15) is 11.9 Å². The summed E-state index contributed by atoms with van der Waals surface area (Å²) in [7, 11) is 4.63. The number of aromatic nitrogens is 4. The Morgan fingerprint density at radius 3 is 2.42 bits per heavy atom. The predicted octanol–water partition coefficient (Wildman–Crippen LogP) is 4.95. The summed E-state index contributed by atoms with van der Waals surface area (Å²) in [5.74, 6) is 2.38. The van der Waals surface area contributed by atoms with Crippen LogP contribution in [0.1, 0.15) is 18.5 Å². The molecular formula is C27H25ClN6O4. The second-order valence-corrected chi connectivity index (χ2v) is 8.84. The maximum Gasteiger partial charge on any atom is 0.257 e. The van der Waals surface area contributed by atoms with Crippen molar-refractivity contribution in [2.24, 2.45) is 0 Å². The summed E-state index contributed by atoms with van der Waals surface area (Å²) in [4.78, 5) is 22.5. The minimum Gasteiger partial charge on any atom is -0.493 e. The van der Waals surface area contributed by atoms with Crippen LogP contribution in [0, 0.1) is 0 Å². The highest BCUT2D eigenvalue weighted by Gasteiger charge is 2.35. The second kappa shape index (κ2) is 10.4. The van der Waals surface area contributed by atoms with Gasteiger partial charge >= 0.3 is 0 Å². The zero-order valence-electron chi connectivity index (χ0n) is 21.2. The Morgan fingerprint density at radius 2 is 1.79 bits per heavy atom. The third-order valence-electron chi connectivity index (χ3n) is 6.09. The van der Waals surface area contributed by atoms with Crippen molar-refractivity contribution in [1.82, 2.24) is 19.7 Å². The van der Waals surface area contributed by atoms with E-state index in [1.807, 2.05) is 25.1 Å². The maximum atomic E-state index is 13.6. The number of hydrogen-bond donors (Lipinski definition) is 2. The minimum atomic E-state index is -0.614. The zero-order chi connectivity index (χ0) is 26.8. The molecule has 2 aromatic carbocycles. The number of fused-ring (bicyclic) bond motifs is 1. The summed E-state index contributed by atoms with van der Waals surface area (Å²) < 4.78 is 18.1. The van der Waals surface area contributed by atoms with E-state index in [9.17, 15) is 4.79 Å². The summed E-state index contributed by atoms with van der Waals surface area (Å²) in [5, 5.41) is 11.5. The summed E-state index contributed by atoms with van der Waals surface area (Å²) >= 11 is 6.35. The molecule has 194 valence electrons. The van der Waals surface area contributed by atoms with Crippen molar-refractivity contribution < 1.29 is 19.0 Å². The Bertz CT molecular complexity index is 1510. The standard InChI is InChI=1S/C27H25ClN6O4/c1-15-22(26(35)31-21-10-5-6-11-29-21)23(16-8-7-9-18(28)12-16)34-27(30-15)32-25(33-34)17-13-19(36-2)24(38-4)20(14-17)37-3/h5-14,23H,1-4H3,(H,29,31,35)(H,30,32,33)/t23-/m0/s1. The molecule has 1 aliphatic rings. The average Bonchev–Trinajstić information content (AvgIpc) is 3.35. The second-order valence-electron chi connectivity index (χ2n) is 8.41. The molecule has 0 fully saturated rings. The van der Waals surface area contributed by atoms with Crippen LogP contribution in [0.2, 0.25) is 5.02 Å². The molecule has 10 nitrogen and oxygen atoms in total. The molecule has 1 amide bonds. The number of anilines is 2. The number of allylic oxidation sites excluding steroid dienone is 1. The first-order valence-corrected chi connectivity index (χ1v) is 12.0. The van der Waals surface area contributed by atoms with E-state index in [4.69, 9.17) is 35.9 Å². The van der Waals surface area contributed by atoms with Crippen molar-refractivity contribution in [1.29, 1.82) is 0 Å². The third kappa shape index (κ3) is 4.61. The van der Waals surface area contributed by atoms with E-state index in [1.165, 1.54) is 0 Å². The summed E-state index contributed by atoms with van der Waals surface area (Å²) in [6.45, 7) is 1.82. The van der Waals surface area contributed by atoms with Gasteiger partial charge in [0.25, 0.3) is 5.91 Å². The molecule has 11 heteroatoms. The number of methoxy groups -OCH3 is 3. The molecule has 38 heavy (non-hydrogen) atoms. The molecule has 0 spiro atoms. The molecule has 3 heterocycles. The molecule has 0 aliphatic carbocycles. The highest BCUT2D eigenvalue weighted by atomic mass is 35.5. The Hall–Kier alpha value is -4.57. The number of nitrogens with zero attached hydrogens (tertiary/aromatic N) is 4. The van der Waals surface area contributed by atoms with Crippen LogP contribution in [-0.4, -0.2) is 47.0 Å². The van der Waals surface area contributed by atoms with Gasteiger partial charge in [-0.2, -0.15) is 4.98 Å².